The SMILES string of the molecule is Cc1ccc(Oc2ccc(C)cc2C[C@H]2CO2)c(C[C@H]2CO2)c1. The molecule has 0 aliphatic carbocycles. The minimum Gasteiger partial charge on any atom is -0.457 e. The average molecular weight is 310 g/mol. The number of ether oxygens (including phenoxy) is 3. The number of epoxide rings is 2. The molecule has 3 heteroatoms. The molecular formula is C20H22O3. The Labute approximate surface area is 137 Å². The van der Waals surface area contributed by atoms with Crippen molar-refractivity contribution in [3.63, 3.8) is 0 Å². The molecule has 2 heterocycles. The summed E-state index contributed by atoms with van der Waals surface area (Å²) in [5, 5.41) is 0. The summed E-state index contributed by atoms with van der Waals surface area (Å²) in [6, 6.07) is 12.8. The first-order chi connectivity index (χ1) is 11.2. The summed E-state index contributed by atoms with van der Waals surface area (Å²) in [6.45, 7) is 5.95. The third-order valence-electron chi connectivity index (χ3n) is 4.35. The van der Waals surface area contributed by atoms with E-state index in [0.717, 1.165) is 37.6 Å². The summed E-state index contributed by atoms with van der Waals surface area (Å²) in [6.07, 6.45) is 2.56. The quantitative estimate of drug-likeness (QED) is 0.757. The van der Waals surface area contributed by atoms with Crippen molar-refractivity contribution in [3.8, 4) is 11.5 Å². The lowest BCUT2D eigenvalue weighted by atomic mass is 10.0. The Morgan fingerprint density at radius 1 is 0.826 bits per heavy atom. The topological polar surface area (TPSA) is 34.3 Å². The lowest BCUT2D eigenvalue weighted by molar-refractivity contribution is 0.398. The van der Waals surface area contributed by atoms with Crippen molar-refractivity contribution >= 4 is 0 Å². The molecule has 0 aromatic heterocycles. The molecule has 2 saturated heterocycles. The Kier molecular flexibility index (Phi) is 3.83. The van der Waals surface area contributed by atoms with Gasteiger partial charge >= 0.3 is 0 Å². The maximum Gasteiger partial charge on any atom is 0.130 e. The fourth-order valence-electron chi connectivity index (χ4n) is 2.92. The lowest BCUT2D eigenvalue weighted by Crippen LogP contribution is -2.01. The van der Waals surface area contributed by atoms with Gasteiger partial charge in [-0.25, -0.2) is 0 Å². The van der Waals surface area contributed by atoms with E-state index in [0.29, 0.717) is 12.2 Å². The third kappa shape index (κ3) is 3.74. The van der Waals surface area contributed by atoms with Crippen LogP contribution in [0.5, 0.6) is 11.5 Å². The number of rotatable bonds is 6. The highest BCUT2D eigenvalue weighted by atomic mass is 16.6. The zero-order valence-corrected chi connectivity index (χ0v) is 13.7. The van der Waals surface area contributed by atoms with Gasteiger partial charge in [-0.15, -0.1) is 0 Å². The molecule has 0 unspecified atom stereocenters. The van der Waals surface area contributed by atoms with Crippen molar-refractivity contribution in [1.29, 1.82) is 0 Å². The van der Waals surface area contributed by atoms with Gasteiger partial charge in [0.25, 0.3) is 0 Å². The van der Waals surface area contributed by atoms with E-state index in [1.165, 1.54) is 22.3 Å². The molecule has 2 atom stereocenters. The van der Waals surface area contributed by atoms with E-state index in [9.17, 15) is 0 Å². The van der Waals surface area contributed by atoms with Gasteiger partial charge in [0.15, 0.2) is 0 Å². The summed E-state index contributed by atoms with van der Waals surface area (Å²) in [5.41, 5.74) is 4.95. The summed E-state index contributed by atoms with van der Waals surface area (Å²) in [4.78, 5) is 0. The predicted molar refractivity (Wildman–Crippen MR) is 89.3 cm³/mol. The van der Waals surface area contributed by atoms with Crippen LogP contribution >= 0.6 is 0 Å². The standard InChI is InChI=1S/C20H22O3/c1-13-3-5-19(15(7-13)9-17-11-21-17)23-20-6-4-14(2)8-16(20)10-18-12-22-18/h3-8,17-18H,9-12H2,1-2H3/t17-,18-/m0/s1. The van der Waals surface area contributed by atoms with Crippen molar-refractivity contribution in [1.82, 2.24) is 0 Å². The van der Waals surface area contributed by atoms with E-state index in [2.05, 4.69) is 50.2 Å². The molecule has 0 spiro atoms. The van der Waals surface area contributed by atoms with Crippen LogP contribution in [-0.2, 0) is 22.3 Å². The normalized spacial score (nSPS) is 22.0. The fourth-order valence-corrected chi connectivity index (χ4v) is 2.92. The van der Waals surface area contributed by atoms with Crippen LogP contribution in [0.3, 0.4) is 0 Å². The van der Waals surface area contributed by atoms with Crippen molar-refractivity contribution in [2.75, 3.05) is 13.2 Å². The molecule has 0 bridgehead atoms. The second kappa shape index (κ2) is 5.99. The molecular weight excluding hydrogens is 288 g/mol. The first-order valence-electron chi connectivity index (χ1n) is 8.27. The van der Waals surface area contributed by atoms with Crippen LogP contribution in [0.2, 0.25) is 0 Å². The van der Waals surface area contributed by atoms with E-state index in [4.69, 9.17) is 14.2 Å². The molecule has 2 aliphatic heterocycles. The maximum atomic E-state index is 6.30. The molecule has 2 fully saturated rings. The molecule has 23 heavy (non-hydrogen) atoms. The summed E-state index contributed by atoms with van der Waals surface area (Å²) < 4.78 is 17.1. The minimum absolute atomic E-state index is 0.358. The van der Waals surface area contributed by atoms with Crippen molar-refractivity contribution in [2.45, 2.75) is 38.9 Å². The van der Waals surface area contributed by atoms with E-state index < -0.39 is 0 Å². The van der Waals surface area contributed by atoms with Crippen LogP contribution in [0.4, 0.5) is 0 Å². The van der Waals surface area contributed by atoms with Gasteiger partial charge in [0.2, 0.25) is 0 Å². The van der Waals surface area contributed by atoms with Gasteiger partial charge in [-0.3, -0.25) is 0 Å². The van der Waals surface area contributed by atoms with E-state index in [1.807, 2.05) is 0 Å². The van der Waals surface area contributed by atoms with Gasteiger partial charge in [0.05, 0.1) is 25.4 Å². The van der Waals surface area contributed by atoms with Gasteiger partial charge in [0.1, 0.15) is 11.5 Å². The number of aryl methyl sites for hydroxylation is 2. The smallest absolute Gasteiger partial charge is 0.130 e. The molecule has 3 nitrogen and oxygen atoms in total. The van der Waals surface area contributed by atoms with Crippen LogP contribution in [0.25, 0.3) is 0 Å². The average Bonchev–Trinajstić information content (AvgIpc) is 3.40. The first-order valence-corrected chi connectivity index (χ1v) is 8.27. The first kappa shape index (κ1) is 14.7. The summed E-state index contributed by atoms with van der Waals surface area (Å²) in [5.74, 6) is 1.88. The van der Waals surface area contributed by atoms with Gasteiger partial charge in [0, 0.05) is 12.8 Å². The van der Waals surface area contributed by atoms with Crippen LogP contribution in [0.15, 0.2) is 36.4 Å². The molecule has 120 valence electrons. The molecule has 2 aliphatic rings. The summed E-state index contributed by atoms with van der Waals surface area (Å²) in [7, 11) is 0. The highest BCUT2D eigenvalue weighted by Gasteiger charge is 2.26. The van der Waals surface area contributed by atoms with Crippen molar-refractivity contribution < 1.29 is 14.2 Å². The Morgan fingerprint density at radius 3 is 1.65 bits per heavy atom. The van der Waals surface area contributed by atoms with Crippen LogP contribution < -0.4 is 4.74 Å². The minimum atomic E-state index is 0.358. The van der Waals surface area contributed by atoms with Crippen molar-refractivity contribution in [3.05, 3.63) is 58.7 Å². The van der Waals surface area contributed by atoms with Gasteiger partial charge in [-0.1, -0.05) is 35.4 Å². The molecule has 0 amide bonds. The zero-order chi connectivity index (χ0) is 15.8. The fraction of sp³-hybridized carbons (Fsp3) is 0.400. The second-order valence-electron chi connectivity index (χ2n) is 6.64. The highest BCUT2D eigenvalue weighted by molar-refractivity contribution is 5.45. The molecule has 0 saturated carbocycles. The molecule has 0 N–H and O–H groups in total. The second-order valence-corrected chi connectivity index (χ2v) is 6.64. The molecule has 2 aromatic carbocycles. The van der Waals surface area contributed by atoms with Crippen LogP contribution in [0, 0.1) is 13.8 Å². The van der Waals surface area contributed by atoms with Gasteiger partial charge < -0.3 is 14.2 Å². The number of benzene rings is 2. The Balaban J connectivity index is 1.61. The zero-order valence-electron chi connectivity index (χ0n) is 13.7. The monoisotopic (exact) mass is 310 g/mol. The van der Waals surface area contributed by atoms with E-state index in [-0.39, 0.29) is 0 Å². The Morgan fingerprint density at radius 2 is 1.26 bits per heavy atom. The number of hydrogen-bond donors (Lipinski definition) is 0. The lowest BCUT2D eigenvalue weighted by Gasteiger charge is -2.15. The highest BCUT2D eigenvalue weighted by Crippen LogP contribution is 2.33. The maximum absolute atomic E-state index is 6.30. The van der Waals surface area contributed by atoms with Crippen LogP contribution in [-0.4, -0.2) is 25.4 Å². The Bertz CT molecular complexity index is 653. The van der Waals surface area contributed by atoms with E-state index >= 15 is 0 Å². The summed E-state index contributed by atoms with van der Waals surface area (Å²) >= 11 is 0. The van der Waals surface area contributed by atoms with Crippen LogP contribution in [0.1, 0.15) is 22.3 Å². The molecule has 0 radical (unpaired) electrons. The largest absolute Gasteiger partial charge is 0.457 e. The number of hydrogen-bond acceptors (Lipinski definition) is 3. The molecule has 2 aromatic rings. The molecule has 4 rings (SSSR count). The van der Waals surface area contributed by atoms with Crippen molar-refractivity contribution in [2.24, 2.45) is 0 Å². The third-order valence-corrected chi connectivity index (χ3v) is 4.35. The van der Waals surface area contributed by atoms with Gasteiger partial charge in [-0.05, 0) is 37.1 Å². The van der Waals surface area contributed by atoms with E-state index in [1.54, 1.807) is 0 Å². The Hall–Kier alpha value is -1.84. The predicted octanol–water partition coefficient (Wildman–Crippen LogP) is 3.98. The van der Waals surface area contributed by atoms with Gasteiger partial charge in [-0.2, -0.15) is 0 Å².